The molecule has 3 heteroatoms. The van der Waals surface area contributed by atoms with Crippen LogP contribution in [0.4, 0.5) is 34.1 Å². The lowest BCUT2D eigenvalue weighted by atomic mass is 10.0. The Bertz CT molecular complexity index is 2570. The van der Waals surface area contributed by atoms with Crippen molar-refractivity contribution in [3.8, 4) is 0 Å². The van der Waals surface area contributed by atoms with Crippen LogP contribution in [-0.4, -0.2) is 0 Å². The number of halogens is 1. The van der Waals surface area contributed by atoms with Crippen LogP contribution in [0.15, 0.2) is 193 Å². The molecule has 0 aromatic heterocycles. The highest BCUT2D eigenvalue weighted by molar-refractivity contribution is 9.10. The second-order valence-electron chi connectivity index (χ2n) is 12.3. The molecule has 0 saturated carbocycles. The van der Waals surface area contributed by atoms with Crippen LogP contribution in [0.25, 0.3) is 43.1 Å². The second kappa shape index (κ2) is 12.3. The van der Waals surface area contributed by atoms with Crippen molar-refractivity contribution in [2.45, 2.75) is 0 Å². The van der Waals surface area contributed by atoms with Gasteiger partial charge < -0.3 is 9.80 Å². The van der Waals surface area contributed by atoms with Crippen LogP contribution < -0.4 is 9.80 Å². The number of hydrogen-bond acceptors (Lipinski definition) is 2. The van der Waals surface area contributed by atoms with Gasteiger partial charge in [0.05, 0.1) is 32.9 Å². The molecular formula is C46H31BrN2. The lowest BCUT2D eigenvalue weighted by Crippen LogP contribution is -2.15. The Morgan fingerprint density at radius 3 is 1.18 bits per heavy atom. The number of anilines is 6. The van der Waals surface area contributed by atoms with Crippen molar-refractivity contribution in [1.29, 1.82) is 0 Å². The minimum absolute atomic E-state index is 0.997. The molecular weight excluding hydrogens is 660 g/mol. The lowest BCUT2D eigenvalue weighted by Gasteiger charge is -2.32. The summed E-state index contributed by atoms with van der Waals surface area (Å²) in [7, 11) is 0. The van der Waals surface area contributed by atoms with Crippen molar-refractivity contribution in [3.05, 3.63) is 193 Å². The molecule has 49 heavy (non-hydrogen) atoms. The third-order valence-electron chi connectivity index (χ3n) is 9.45. The molecule has 0 aliphatic carbocycles. The summed E-state index contributed by atoms with van der Waals surface area (Å²) in [5.41, 5.74) is 6.55. The van der Waals surface area contributed by atoms with Crippen LogP contribution in [0.1, 0.15) is 0 Å². The van der Waals surface area contributed by atoms with E-state index in [9.17, 15) is 0 Å². The van der Waals surface area contributed by atoms with Gasteiger partial charge in [-0.25, -0.2) is 0 Å². The average Bonchev–Trinajstić information content (AvgIpc) is 3.16. The van der Waals surface area contributed by atoms with Gasteiger partial charge in [-0.2, -0.15) is 0 Å². The molecule has 0 atom stereocenters. The van der Waals surface area contributed by atoms with Crippen molar-refractivity contribution in [2.75, 3.05) is 9.80 Å². The summed E-state index contributed by atoms with van der Waals surface area (Å²) < 4.78 is 0.997. The molecule has 0 amide bonds. The fourth-order valence-electron chi connectivity index (χ4n) is 7.18. The number of rotatable bonds is 6. The maximum atomic E-state index is 4.23. The summed E-state index contributed by atoms with van der Waals surface area (Å²) in [6.45, 7) is 0. The van der Waals surface area contributed by atoms with Gasteiger partial charge in [0.1, 0.15) is 0 Å². The molecule has 9 aromatic rings. The summed E-state index contributed by atoms with van der Waals surface area (Å²) >= 11 is 4.23. The van der Waals surface area contributed by atoms with E-state index in [1.54, 1.807) is 0 Å². The Morgan fingerprint density at radius 2 is 0.653 bits per heavy atom. The Morgan fingerprint density at radius 1 is 0.286 bits per heavy atom. The highest BCUT2D eigenvalue weighted by Crippen LogP contribution is 2.50. The van der Waals surface area contributed by atoms with E-state index in [2.05, 4.69) is 214 Å². The zero-order valence-corrected chi connectivity index (χ0v) is 28.3. The molecule has 0 fully saturated rings. The zero-order chi connectivity index (χ0) is 32.7. The van der Waals surface area contributed by atoms with E-state index >= 15 is 0 Å². The number of nitrogens with zero attached hydrogens (tertiary/aromatic N) is 2. The molecule has 0 N–H and O–H groups in total. The maximum absolute atomic E-state index is 4.23. The maximum Gasteiger partial charge on any atom is 0.0656 e. The van der Waals surface area contributed by atoms with Gasteiger partial charge in [-0.05, 0) is 85.3 Å². The van der Waals surface area contributed by atoms with Gasteiger partial charge >= 0.3 is 0 Å². The first-order valence-electron chi connectivity index (χ1n) is 16.6. The fraction of sp³-hybridized carbons (Fsp3) is 0. The largest absolute Gasteiger partial charge is 0.309 e. The van der Waals surface area contributed by atoms with E-state index < -0.39 is 0 Å². The monoisotopic (exact) mass is 690 g/mol. The quantitative estimate of drug-likeness (QED) is 0.171. The van der Waals surface area contributed by atoms with Crippen LogP contribution in [0.5, 0.6) is 0 Å². The smallest absolute Gasteiger partial charge is 0.0656 e. The molecule has 0 radical (unpaired) electrons. The van der Waals surface area contributed by atoms with Crippen LogP contribution in [0.3, 0.4) is 0 Å². The molecule has 9 aromatic carbocycles. The topological polar surface area (TPSA) is 6.48 Å². The molecule has 0 bridgehead atoms. The van der Waals surface area contributed by atoms with Crippen molar-refractivity contribution >= 4 is 93.1 Å². The Balaban J connectivity index is 1.34. The van der Waals surface area contributed by atoms with Crippen LogP contribution >= 0.6 is 15.9 Å². The fourth-order valence-corrected chi connectivity index (χ4v) is 7.80. The van der Waals surface area contributed by atoms with E-state index in [0.29, 0.717) is 0 Å². The molecule has 232 valence electrons. The number of fused-ring (bicyclic) bond motifs is 4. The molecule has 0 saturated heterocycles. The minimum Gasteiger partial charge on any atom is -0.309 e. The molecule has 0 spiro atoms. The third-order valence-corrected chi connectivity index (χ3v) is 10.3. The molecule has 2 nitrogen and oxygen atoms in total. The second-order valence-corrected chi connectivity index (χ2v) is 13.1. The predicted molar refractivity (Wildman–Crippen MR) is 214 cm³/mol. The predicted octanol–water partition coefficient (Wildman–Crippen LogP) is 14.0. The first-order valence-corrected chi connectivity index (χ1v) is 17.3. The van der Waals surface area contributed by atoms with Crippen molar-refractivity contribution < 1.29 is 0 Å². The summed E-state index contributed by atoms with van der Waals surface area (Å²) in [6.07, 6.45) is 0. The Hall–Kier alpha value is -5.90. The van der Waals surface area contributed by atoms with E-state index in [4.69, 9.17) is 0 Å². The van der Waals surface area contributed by atoms with Gasteiger partial charge in [0.2, 0.25) is 0 Å². The molecule has 9 rings (SSSR count). The van der Waals surface area contributed by atoms with E-state index in [-0.39, 0.29) is 0 Å². The van der Waals surface area contributed by atoms with Crippen molar-refractivity contribution in [1.82, 2.24) is 0 Å². The van der Waals surface area contributed by atoms with Gasteiger partial charge in [-0.3, -0.25) is 0 Å². The summed E-state index contributed by atoms with van der Waals surface area (Å²) in [5.74, 6) is 0. The Labute approximate surface area is 294 Å². The highest BCUT2D eigenvalue weighted by atomic mass is 79.9. The number of benzene rings is 9. The first kappa shape index (κ1) is 29.3. The normalized spacial score (nSPS) is 11.4. The SMILES string of the molecule is Brc1c(N(c2ccc3ccccc3c2)c2cccc3ccccc23)cccc1N(c1cccc2ccccc12)c1cccc2ccccc12. The van der Waals surface area contributed by atoms with Crippen LogP contribution in [0, 0.1) is 0 Å². The third kappa shape index (κ3) is 5.11. The van der Waals surface area contributed by atoms with Gasteiger partial charge in [-0.15, -0.1) is 0 Å². The molecule has 0 aliphatic heterocycles. The van der Waals surface area contributed by atoms with Gasteiger partial charge in [0.15, 0.2) is 0 Å². The summed E-state index contributed by atoms with van der Waals surface area (Å²) in [5, 5.41) is 9.59. The van der Waals surface area contributed by atoms with Gasteiger partial charge in [0.25, 0.3) is 0 Å². The lowest BCUT2D eigenvalue weighted by molar-refractivity contribution is 1.25. The van der Waals surface area contributed by atoms with E-state index in [1.807, 2.05) is 0 Å². The molecule has 0 heterocycles. The zero-order valence-electron chi connectivity index (χ0n) is 26.7. The van der Waals surface area contributed by atoms with E-state index in [0.717, 1.165) is 38.6 Å². The van der Waals surface area contributed by atoms with Crippen molar-refractivity contribution in [2.24, 2.45) is 0 Å². The summed E-state index contributed by atoms with van der Waals surface area (Å²) in [4.78, 5) is 4.81. The standard InChI is InChI=1S/C46H31BrN2/c47-46-44(48(37-30-29-32-13-1-2-17-36(32)31-37)41-24-9-18-33-14-3-6-21-38(33)41)27-12-28-45(46)49(42-25-10-19-34-15-4-7-22-39(34)42)43-26-11-20-35-16-5-8-23-40(35)43/h1-31H. The van der Waals surface area contributed by atoms with E-state index in [1.165, 1.54) is 43.1 Å². The minimum atomic E-state index is 0.997. The first-order chi connectivity index (χ1) is 24.2. The molecule has 0 aliphatic rings. The number of hydrogen-bond donors (Lipinski definition) is 0. The van der Waals surface area contributed by atoms with Gasteiger partial charge in [0, 0.05) is 21.8 Å². The Kier molecular flexibility index (Phi) is 7.33. The van der Waals surface area contributed by atoms with Crippen molar-refractivity contribution in [3.63, 3.8) is 0 Å². The molecule has 0 unspecified atom stereocenters. The van der Waals surface area contributed by atoms with Crippen LogP contribution in [-0.2, 0) is 0 Å². The summed E-state index contributed by atoms with van der Waals surface area (Å²) in [6, 6.07) is 67.6. The van der Waals surface area contributed by atoms with Gasteiger partial charge in [-0.1, -0.05) is 146 Å². The average molecular weight is 692 g/mol. The highest BCUT2D eigenvalue weighted by Gasteiger charge is 2.24. The van der Waals surface area contributed by atoms with Crippen LogP contribution in [0.2, 0.25) is 0 Å².